The zero-order chi connectivity index (χ0) is 19.8. The number of nitrogens with zero attached hydrogens (tertiary/aromatic N) is 3. The lowest BCUT2D eigenvalue weighted by Crippen LogP contribution is -2.14. The van der Waals surface area contributed by atoms with Crippen molar-refractivity contribution in [2.45, 2.75) is 25.9 Å². The van der Waals surface area contributed by atoms with E-state index in [1.807, 2.05) is 19.1 Å². The first-order valence-electron chi connectivity index (χ1n) is 8.87. The van der Waals surface area contributed by atoms with Crippen molar-refractivity contribution >= 4 is 51.5 Å². The molecule has 0 bridgehead atoms. The molecular weight excluding hydrogens is 392 g/mol. The Balaban J connectivity index is 1.67. The normalized spacial score (nSPS) is 11.3. The predicted octanol–water partition coefficient (Wildman–Crippen LogP) is 5.19. The number of aryl methyl sites for hydroxylation is 3. The van der Waals surface area contributed by atoms with Crippen LogP contribution in [-0.2, 0) is 4.79 Å². The molecule has 0 atom stereocenters. The van der Waals surface area contributed by atoms with Gasteiger partial charge in [-0.15, -0.1) is 10.2 Å². The summed E-state index contributed by atoms with van der Waals surface area (Å²) in [6.07, 6.45) is 0. The molecule has 0 spiro atoms. The number of amides is 1. The van der Waals surface area contributed by atoms with E-state index >= 15 is 0 Å². The number of benzene rings is 2. The van der Waals surface area contributed by atoms with Crippen LogP contribution in [0.5, 0.6) is 0 Å². The molecule has 28 heavy (non-hydrogen) atoms. The second-order valence-corrected chi connectivity index (χ2v) is 8.08. The van der Waals surface area contributed by atoms with Gasteiger partial charge in [0.2, 0.25) is 5.91 Å². The number of rotatable bonds is 4. The molecule has 0 aliphatic heterocycles. The van der Waals surface area contributed by atoms with Crippen LogP contribution < -0.4 is 5.32 Å². The molecule has 2 heterocycles. The van der Waals surface area contributed by atoms with E-state index < -0.39 is 0 Å². The number of para-hydroxylation sites is 1. The van der Waals surface area contributed by atoms with Crippen molar-refractivity contribution in [3.63, 3.8) is 0 Å². The lowest BCUT2D eigenvalue weighted by Gasteiger charge is -2.11. The van der Waals surface area contributed by atoms with Gasteiger partial charge in [0.25, 0.3) is 0 Å². The summed E-state index contributed by atoms with van der Waals surface area (Å²) in [6, 6.07) is 13.6. The van der Waals surface area contributed by atoms with Gasteiger partial charge in [-0.3, -0.25) is 9.20 Å². The first kappa shape index (κ1) is 18.8. The molecule has 0 radical (unpaired) electrons. The summed E-state index contributed by atoms with van der Waals surface area (Å²) in [5.74, 6) is 0.0754. The van der Waals surface area contributed by atoms with Crippen LogP contribution in [0, 0.1) is 20.8 Å². The van der Waals surface area contributed by atoms with Crippen molar-refractivity contribution in [3.05, 3.63) is 64.2 Å². The molecule has 0 fully saturated rings. The average Bonchev–Trinajstić information content (AvgIpc) is 3.10. The molecular formula is C21H19ClN4OS. The van der Waals surface area contributed by atoms with Crippen molar-refractivity contribution in [3.8, 4) is 0 Å². The van der Waals surface area contributed by atoms with Gasteiger partial charge < -0.3 is 5.32 Å². The van der Waals surface area contributed by atoms with Gasteiger partial charge >= 0.3 is 0 Å². The number of carbonyl (C=O) groups is 1. The molecule has 2 aromatic carbocycles. The average molecular weight is 411 g/mol. The summed E-state index contributed by atoms with van der Waals surface area (Å²) in [7, 11) is 0. The molecule has 7 heteroatoms. The number of hydrogen-bond donors (Lipinski definition) is 1. The predicted molar refractivity (Wildman–Crippen MR) is 116 cm³/mol. The van der Waals surface area contributed by atoms with Gasteiger partial charge in [0.15, 0.2) is 10.8 Å². The molecule has 0 aliphatic carbocycles. The molecule has 0 unspecified atom stereocenters. The maximum Gasteiger partial charge on any atom is 0.234 e. The smallest absolute Gasteiger partial charge is 0.234 e. The van der Waals surface area contributed by atoms with Gasteiger partial charge in [-0.1, -0.05) is 47.6 Å². The molecule has 1 N–H and O–H groups in total. The summed E-state index contributed by atoms with van der Waals surface area (Å²) in [5.41, 5.74) is 5.95. The van der Waals surface area contributed by atoms with Crippen LogP contribution >= 0.6 is 23.4 Å². The minimum Gasteiger partial charge on any atom is -0.324 e. The van der Waals surface area contributed by atoms with E-state index in [0.29, 0.717) is 15.9 Å². The van der Waals surface area contributed by atoms with Gasteiger partial charge in [-0.25, -0.2) is 0 Å². The van der Waals surface area contributed by atoms with E-state index in [0.717, 1.165) is 22.1 Å². The van der Waals surface area contributed by atoms with E-state index in [4.69, 9.17) is 11.6 Å². The van der Waals surface area contributed by atoms with Gasteiger partial charge in [0.05, 0.1) is 22.0 Å². The minimum atomic E-state index is -0.139. The number of carbonyl (C=O) groups excluding carboxylic acids is 1. The maximum absolute atomic E-state index is 12.4. The third-order valence-electron chi connectivity index (χ3n) is 4.80. The van der Waals surface area contributed by atoms with Crippen LogP contribution in [0.25, 0.3) is 16.6 Å². The molecule has 4 rings (SSSR count). The quantitative estimate of drug-likeness (QED) is 0.470. The van der Waals surface area contributed by atoms with Crippen LogP contribution in [0.1, 0.15) is 16.7 Å². The molecule has 2 aromatic heterocycles. The molecule has 0 saturated heterocycles. The highest BCUT2D eigenvalue weighted by atomic mass is 35.5. The molecule has 0 saturated carbocycles. The van der Waals surface area contributed by atoms with Gasteiger partial charge in [0.1, 0.15) is 0 Å². The summed E-state index contributed by atoms with van der Waals surface area (Å²) >= 11 is 7.48. The number of pyridine rings is 1. The second kappa shape index (κ2) is 7.45. The first-order valence-corrected chi connectivity index (χ1v) is 10.2. The Labute approximate surface area is 172 Å². The fourth-order valence-corrected chi connectivity index (χ4v) is 4.15. The molecule has 4 aromatic rings. The minimum absolute atomic E-state index is 0.139. The highest BCUT2D eigenvalue weighted by Gasteiger charge is 2.16. The maximum atomic E-state index is 12.4. The second-order valence-electron chi connectivity index (χ2n) is 6.73. The number of nitrogens with one attached hydrogen (secondary N) is 1. The van der Waals surface area contributed by atoms with Crippen LogP contribution in [0.15, 0.2) is 47.6 Å². The summed E-state index contributed by atoms with van der Waals surface area (Å²) in [5, 5.41) is 13.9. The summed E-state index contributed by atoms with van der Waals surface area (Å²) < 4.78 is 2.06. The Hall–Kier alpha value is -2.57. The Bertz CT molecular complexity index is 1220. The third-order valence-corrected chi connectivity index (χ3v) is 6.05. The summed E-state index contributed by atoms with van der Waals surface area (Å²) in [4.78, 5) is 12.4. The lowest BCUT2D eigenvalue weighted by atomic mass is 10.0. The van der Waals surface area contributed by atoms with E-state index in [9.17, 15) is 4.79 Å². The van der Waals surface area contributed by atoms with Crippen LogP contribution in [0.2, 0.25) is 5.02 Å². The van der Waals surface area contributed by atoms with Gasteiger partial charge in [-0.05, 0) is 61.0 Å². The monoisotopic (exact) mass is 410 g/mol. The molecule has 5 nitrogen and oxygen atoms in total. The number of aromatic nitrogens is 3. The van der Waals surface area contributed by atoms with Crippen molar-refractivity contribution in [1.82, 2.24) is 14.6 Å². The number of halogens is 1. The van der Waals surface area contributed by atoms with E-state index in [2.05, 4.69) is 52.0 Å². The zero-order valence-electron chi connectivity index (χ0n) is 15.8. The highest BCUT2D eigenvalue weighted by Crippen LogP contribution is 2.29. The third kappa shape index (κ3) is 3.34. The Morgan fingerprint density at radius 2 is 1.89 bits per heavy atom. The first-order chi connectivity index (χ1) is 13.5. The molecule has 142 valence electrons. The van der Waals surface area contributed by atoms with Crippen molar-refractivity contribution in [2.24, 2.45) is 0 Å². The number of hydrogen-bond acceptors (Lipinski definition) is 4. The number of anilines is 1. The highest BCUT2D eigenvalue weighted by molar-refractivity contribution is 7.99. The van der Waals surface area contributed by atoms with Crippen molar-refractivity contribution in [1.29, 1.82) is 0 Å². The Morgan fingerprint density at radius 3 is 2.68 bits per heavy atom. The largest absolute Gasteiger partial charge is 0.324 e. The standard InChI is InChI=1S/C21H19ClN4OS/c1-12-8-9-15-10-13(2)20-24-25-21(26(20)19(15)14(12)3)28-11-18(27)23-17-7-5-4-6-16(17)22/h4-10H,11H2,1-3H3,(H,23,27). The fraction of sp³-hybridized carbons (Fsp3) is 0.190. The van der Waals surface area contributed by atoms with Crippen LogP contribution in [-0.4, -0.2) is 26.3 Å². The van der Waals surface area contributed by atoms with E-state index in [1.165, 1.54) is 22.9 Å². The van der Waals surface area contributed by atoms with E-state index in [1.54, 1.807) is 12.1 Å². The Morgan fingerprint density at radius 1 is 1.11 bits per heavy atom. The SMILES string of the molecule is Cc1ccc2cc(C)c3nnc(SCC(=O)Nc4ccccc4Cl)n3c2c1C. The van der Waals surface area contributed by atoms with E-state index in [-0.39, 0.29) is 11.7 Å². The van der Waals surface area contributed by atoms with Gasteiger partial charge in [0, 0.05) is 0 Å². The van der Waals surface area contributed by atoms with Crippen LogP contribution in [0.3, 0.4) is 0 Å². The number of fused-ring (bicyclic) bond motifs is 3. The molecule has 0 aliphatic rings. The van der Waals surface area contributed by atoms with Crippen LogP contribution in [0.4, 0.5) is 5.69 Å². The lowest BCUT2D eigenvalue weighted by molar-refractivity contribution is -0.113. The fourth-order valence-electron chi connectivity index (χ4n) is 3.23. The zero-order valence-corrected chi connectivity index (χ0v) is 17.4. The van der Waals surface area contributed by atoms with Crippen molar-refractivity contribution in [2.75, 3.05) is 11.1 Å². The molecule has 1 amide bonds. The topological polar surface area (TPSA) is 59.3 Å². The van der Waals surface area contributed by atoms with Crippen molar-refractivity contribution < 1.29 is 4.79 Å². The van der Waals surface area contributed by atoms with Gasteiger partial charge in [-0.2, -0.15) is 0 Å². The number of thioether (sulfide) groups is 1. The Kier molecular flexibility index (Phi) is 5.00. The summed E-state index contributed by atoms with van der Waals surface area (Å²) in [6.45, 7) is 6.22.